The molecule has 1 amide bonds. The molecule has 1 aromatic heterocycles. The molecule has 5 heteroatoms. The Bertz CT molecular complexity index is 1070. The number of allylic oxidation sites excluding steroid dienone is 1. The van der Waals surface area contributed by atoms with Gasteiger partial charge in [0.1, 0.15) is 11.6 Å². The maximum absolute atomic E-state index is 11.5. The van der Waals surface area contributed by atoms with Crippen molar-refractivity contribution in [2.45, 2.75) is 65.8 Å². The first kappa shape index (κ1) is 24.6. The van der Waals surface area contributed by atoms with Gasteiger partial charge in [-0.3, -0.25) is 4.79 Å². The van der Waals surface area contributed by atoms with Gasteiger partial charge in [-0.05, 0) is 87.9 Å². The average Bonchev–Trinajstić information content (AvgIpc) is 3.16. The molecule has 0 atom stereocenters. The number of unbranched alkanes of at least 4 members (excludes halogenated alkanes) is 3. The number of amides is 1. The fourth-order valence-corrected chi connectivity index (χ4v) is 3.94. The highest BCUT2D eigenvalue weighted by atomic mass is 16.5. The summed E-state index contributed by atoms with van der Waals surface area (Å²) >= 11 is 0. The summed E-state index contributed by atoms with van der Waals surface area (Å²) in [7, 11) is 0. The highest BCUT2D eigenvalue weighted by Gasteiger charge is 2.10. The van der Waals surface area contributed by atoms with Gasteiger partial charge in [0.15, 0.2) is 0 Å². The summed E-state index contributed by atoms with van der Waals surface area (Å²) in [5, 5.41) is 2.91. The number of ether oxygens (including phenoxy) is 1. The lowest BCUT2D eigenvalue weighted by molar-refractivity contribution is -0.116. The van der Waals surface area contributed by atoms with Gasteiger partial charge in [-0.15, -0.1) is 0 Å². The first-order valence-corrected chi connectivity index (χ1v) is 12.1. The van der Waals surface area contributed by atoms with Gasteiger partial charge in [0.2, 0.25) is 5.91 Å². The number of carbonyl (C=O) groups excluding carboxylic acids is 1. The van der Waals surface area contributed by atoms with Gasteiger partial charge >= 0.3 is 0 Å². The minimum Gasteiger partial charge on any atom is -0.494 e. The molecule has 5 nitrogen and oxygen atoms in total. The summed E-state index contributed by atoms with van der Waals surface area (Å²) in [5.41, 5.74) is 4.83. The maximum atomic E-state index is 11.5. The molecule has 0 fully saturated rings. The van der Waals surface area contributed by atoms with Gasteiger partial charge in [-0.25, -0.2) is 4.98 Å². The van der Waals surface area contributed by atoms with Crippen LogP contribution in [0.1, 0.15) is 56.0 Å². The van der Waals surface area contributed by atoms with E-state index in [1.807, 2.05) is 13.0 Å². The molecule has 0 aliphatic heterocycles. The zero-order chi connectivity index (χ0) is 23.5. The number of hydrogen-bond acceptors (Lipinski definition) is 3. The van der Waals surface area contributed by atoms with Crippen LogP contribution in [0.3, 0.4) is 0 Å². The Balaban J connectivity index is 1.46. The molecule has 0 saturated heterocycles. The number of nitrogens with one attached hydrogen (secondary N) is 1. The van der Waals surface area contributed by atoms with Crippen LogP contribution in [-0.4, -0.2) is 28.6 Å². The van der Waals surface area contributed by atoms with Crippen LogP contribution in [-0.2, 0) is 17.8 Å². The molecule has 0 saturated carbocycles. The number of aromatic nitrogens is 2. The number of benzene rings is 2. The van der Waals surface area contributed by atoms with E-state index in [1.54, 1.807) is 12.2 Å². The van der Waals surface area contributed by atoms with Gasteiger partial charge < -0.3 is 14.6 Å². The topological polar surface area (TPSA) is 56.2 Å². The Hall–Kier alpha value is -3.08. The number of rotatable bonds is 13. The van der Waals surface area contributed by atoms with Crippen LogP contribution in [0.25, 0.3) is 11.0 Å². The summed E-state index contributed by atoms with van der Waals surface area (Å²) in [4.78, 5) is 16.4. The smallest absolute Gasteiger partial charge is 0.243 e. The molecule has 0 aliphatic carbocycles. The molecular formula is C28H37N3O2. The molecular weight excluding hydrogens is 410 g/mol. The van der Waals surface area contributed by atoms with Gasteiger partial charge in [-0.1, -0.05) is 30.7 Å². The molecule has 1 heterocycles. The van der Waals surface area contributed by atoms with E-state index in [1.165, 1.54) is 16.6 Å². The second kappa shape index (κ2) is 12.8. The van der Waals surface area contributed by atoms with E-state index >= 15 is 0 Å². The van der Waals surface area contributed by atoms with Crippen molar-refractivity contribution in [2.24, 2.45) is 0 Å². The SMILES string of the molecule is C/C=C/C(=O)NCCCCCc1nc2ccccc2n1CCCCOc1ccc(C)c(C)c1. The third-order valence-electron chi connectivity index (χ3n) is 5.95. The molecule has 0 spiro atoms. The largest absolute Gasteiger partial charge is 0.494 e. The Morgan fingerprint density at radius 2 is 1.88 bits per heavy atom. The Kier molecular flexibility index (Phi) is 9.55. The van der Waals surface area contributed by atoms with E-state index in [0.717, 1.165) is 75.3 Å². The van der Waals surface area contributed by atoms with Crippen molar-refractivity contribution in [3.05, 3.63) is 71.6 Å². The fraction of sp³-hybridized carbons (Fsp3) is 0.429. The summed E-state index contributed by atoms with van der Waals surface area (Å²) in [6.45, 7) is 8.49. The van der Waals surface area contributed by atoms with Crippen molar-refractivity contribution in [1.82, 2.24) is 14.9 Å². The zero-order valence-electron chi connectivity index (χ0n) is 20.3. The van der Waals surface area contributed by atoms with E-state index in [0.29, 0.717) is 0 Å². The van der Waals surface area contributed by atoms with Crippen LogP contribution < -0.4 is 10.1 Å². The van der Waals surface area contributed by atoms with E-state index in [2.05, 4.69) is 60.1 Å². The zero-order valence-corrected chi connectivity index (χ0v) is 20.3. The quantitative estimate of drug-likeness (QED) is 0.261. The number of nitrogens with zero attached hydrogens (tertiary/aromatic N) is 2. The van der Waals surface area contributed by atoms with Crippen LogP contribution in [0.4, 0.5) is 0 Å². The van der Waals surface area contributed by atoms with Crippen LogP contribution >= 0.6 is 0 Å². The van der Waals surface area contributed by atoms with Crippen molar-refractivity contribution in [3.63, 3.8) is 0 Å². The molecule has 0 radical (unpaired) electrons. The van der Waals surface area contributed by atoms with Gasteiger partial charge in [0.25, 0.3) is 0 Å². The van der Waals surface area contributed by atoms with E-state index in [4.69, 9.17) is 9.72 Å². The van der Waals surface area contributed by atoms with Gasteiger partial charge in [0, 0.05) is 19.5 Å². The highest BCUT2D eigenvalue weighted by molar-refractivity contribution is 5.87. The van der Waals surface area contributed by atoms with Gasteiger partial charge in [0.05, 0.1) is 17.6 Å². The standard InChI is InChI=1S/C28H37N3O2/c1-4-12-28(32)29-18-9-5-6-15-27-30-25-13-7-8-14-26(25)31(27)19-10-11-20-33-24-17-16-22(2)23(3)21-24/h4,7-8,12-14,16-17,21H,5-6,9-11,15,18-20H2,1-3H3,(H,29,32)/b12-4+. The lowest BCUT2D eigenvalue weighted by Gasteiger charge is -2.11. The molecule has 176 valence electrons. The molecule has 3 aromatic rings. The van der Waals surface area contributed by atoms with Crippen molar-refractivity contribution >= 4 is 16.9 Å². The predicted octanol–water partition coefficient (Wildman–Crippen LogP) is 5.92. The Labute approximate surface area is 197 Å². The highest BCUT2D eigenvalue weighted by Crippen LogP contribution is 2.20. The maximum Gasteiger partial charge on any atom is 0.243 e. The van der Waals surface area contributed by atoms with Crippen LogP contribution in [0.5, 0.6) is 5.75 Å². The lowest BCUT2D eigenvalue weighted by atomic mass is 10.1. The molecule has 3 rings (SSSR count). The predicted molar refractivity (Wildman–Crippen MR) is 136 cm³/mol. The van der Waals surface area contributed by atoms with E-state index in [9.17, 15) is 4.79 Å². The van der Waals surface area contributed by atoms with Crippen LogP contribution in [0, 0.1) is 13.8 Å². The number of aryl methyl sites for hydroxylation is 4. The summed E-state index contributed by atoms with van der Waals surface area (Å²) in [5.74, 6) is 2.10. The second-order valence-corrected chi connectivity index (χ2v) is 8.57. The minimum atomic E-state index is -0.0132. The van der Waals surface area contributed by atoms with Gasteiger partial charge in [-0.2, -0.15) is 0 Å². The molecule has 2 aromatic carbocycles. The van der Waals surface area contributed by atoms with Crippen molar-refractivity contribution in [2.75, 3.05) is 13.2 Å². The van der Waals surface area contributed by atoms with Crippen molar-refractivity contribution < 1.29 is 9.53 Å². The number of para-hydroxylation sites is 2. The Morgan fingerprint density at radius 1 is 1.03 bits per heavy atom. The molecule has 0 unspecified atom stereocenters. The first-order valence-electron chi connectivity index (χ1n) is 12.1. The number of fused-ring (bicyclic) bond motifs is 1. The molecule has 33 heavy (non-hydrogen) atoms. The van der Waals surface area contributed by atoms with Crippen LogP contribution in [0.15, 0.2) is 54.6 Å². The molecule has 0 aliphatic rings. The monoisotopic (exact) mass is 447 g/mol. The molecule has 1 N–H and O–H groups in total. The van der Waals surface area contributed by atoms with Crippen LogP contribution in [0.2, 0.25) is 0 Å². The summed E-state index contributed by atoms with van der Waals surface area (Å²) in [6, 6.07) is 14.7. The average molecular weight is 448 g/mol. The summed E-state index contributed by atoms with van der Waals surface area (Å²) in [6.07, 6.45) is 9.46. The third kappa shape index (κ3) is 7.48. The van der Waals surface area contributed by atoms with Crippen molar-refractivity contribution in [3.8, 4) is 5.75 Å². The Morgan fingerprint density at radius 3 is 2.70 bits per heavy atom. The number of carbonyl (C=O) groups is 1. The minimum absolute atomic E-state index is 0.0132. The normalized spacial score (nSPS) is 11.4. The lowest BCUT2D eigenvalue weighted by Crippen LogP contribution is -2.21. The molecule has 0 bridgehead atoms. The third-order valence-corrected chi connectivity index (χ3v) is 5.95. The summed E-state index contributed by atoms with van der Waals surface area (Å²) < 4.78 is 8.33. The first-order chi connectivity index (χ1) is 16.1. The fourth-order valence-electron chi connectivity index (χ4n) is 3.94. The van der Waals surface area contributed by atoms with E-state index < -0.39 is 0 Å². The second-order valence-electron chi connectivity index (χ2n) is 8.57. The number of hydrogen-bond donors (Lipinski definition) is 1. The van der Waals surface area contributed by atoms with E-state index in [-0.39, 0.29) is 5.91 Å². The van der Waals surface area contributed by atoms with Crippen molar-refractivity contribution in [1.29, 1.82) is 0 Å². The number of imidazole rings is 1.